The van der Waals surface area contributed by atoms with Gasteiger partial charge in [0.05, 0.1) is 22.1 Å². The third-order valence-electron chi connectivity index (χ3n) is 7.47. The van der Waals surface area contributed by atoms with Gasteiger partial charge in [0, 0.05) is 63.5 Å². The Balaban J connectivity index is 1.29. The van der Waals surface area contributed by atoms with Crippen molar-refractivity contribution in [2.24, 2.45) is 0 Å². The molecule has 1 aromatic heterocycles. The first kappa shape index (κ1) is 27.8. The fourth-order valence-electron chi connectivity index (χ4n) is 5.31. The van der Waals surface area contributed by atoms with Gasteiger partial charge < -0.3 is 29.8 Å². The Morgan fingerprint density at radius 2 is 1.70 bits per heavy atom. The Morgan fingerprint density at radius 1 is 0.950 bits per heavy atom. The molecular formula is C30H34BrN5O4. The normalized spacial score (nSPS) is 15.4. The average molecular weight is 609 g/mol. The molecule has 2 N–H and O–H groups in total. The van der Waals surface area contributed by atoms with E-state index in [1.807, 2.05) is 17.0 Å². The minimum atomic E-state index is -0.399. The molecule has 0 saturated carbocycles. The van der Waals surface area contributed by atoms with Crippen molar-refractivity contribution >= 4 is 50.7 Å². The molecule has 2 saturated heterocycles. The Morgan fingerprint density at radius 3 is 2.38 bits per heavy atom. The van der Waals surface area contributed by atoms with Crippen molar-refractivity contribution in [3.63, 3.8) is 0 Å². The lowest BCUT2D eigenvalue weighted by molar-refractivity contribution is -0.127. The van der Waals surface area contributed by atoms with Gasteiger partial charge in [-0.15, -0.1) is 0 Å². The van der Waals surface area contributed by atoms with Crippen LogP contribution < -0.4 is 20.4 Å². The molecule has 2 aliphatic rings. The molecule has 3 amide bonds. The van der Waals surface area contributed by atoms with Gasteiger partial charge >= 0.3 is 0 Å². The highest BCUT2D eigenvalue weighted by Crippen LogP contribution is 2.31. The fraction of sp³-hybridized carbons (Fsp3) is 0.367. The maximum atomic E-state index is 13.1. The number of furan rings is 1. The third kappa shape index (κ3) is 6.33. The van der Waals surface area contributed by atoms with E-state index in [-0.39, 0.29) is 17.6 Å². The van der Waals surface area contributed by atoms with Crippen LogP contribution in [0.25, 0.3) is 0 Å². The second-order valence-electron chi connectivity index (χ2n) is 10.1. The molecule has 2 fully saturated rings. The smallest absolute Gasteiger partial charge is 0.292 e. The van der Waals surface area contributed by atoms with Crippen LogP contribution in [0, 0.1) is 6.92 Å². The van der Waals surface area contributed by atoms with Crippen LogP contribution in [0.15, 0.2) is 63.7 Å². The minimum Gasteiger partial charge on any atom is -0.458 e. The van der Waals surface area contributed by atoms with Crippen molar-refractivity contribution in [1.29, 1.82) is 0 Å². The molecule has 3 aromatic rings. The SMILES string of the molecule is Cc1ccccc1N1CCN(c2ccc(C(=O)NCCCN3CCCC3=O)cc2NC(=O)c2occc2Br)CC1. The number of aryl methyl sites for hydroxylation is 1. The Kier molecular flexibility index (Phi) is 8.74. The first-order valence-electron chi connectivity index (χ1n) is 13.7. The van der Waals surface area contributed by atoms with Crippen LogP contribution in [0.4, 0.5) is 17.1 Å². The van der Waals surface area contributed by atoms with E-state index in [1.165, 1.54) is 17.5 Å². The van der Waals surface area contributed by atoms with Gasteiger partial charge in [0.15, 0.2) is 0 Å². The van der Waals surface area contributed by atoms with Crippen molar-refractivity contribution < 1.29 is 18.8 Å². The van der Waals surface area contributed by atoms with Crippen molar-refractivity contribution in [1.82, 2.24) is 10.2 Å². The molecule has 5 rings (SSSR count). The summed E-state index contributed by atoms with van der Waals surface area (Å²) in [6.07, 6.45) is 3.66. The first-order valence-corrected chi connectivity index (χ1v) is 14.5. The number of anilines is 3. The topological polar surface area (TPSA) is 98.1 Å². The van der Waals surface area contributed by atoms with Crippen molar-refractivity contribution in [3.05, 3.63) is 76.2 Å². The largest absolute Gasteiger partial charge is 0.458 e. The number of nitrogens with zero attached hydrogens (tertiary/aromatic N) is 3. The van der Waals surface area contributed by atoms with E-state index in [0.717, 1.165) is 44.8 Å². The lowest BCUT2D eigenvalue weighted by atomic mass is 10.1. The highest BCUT2D eigenvalue weighted by molar-refractivity contribution is 9.10. The summed E-state index contributed by atoms with van der Waals surface area (Å²) in [5, 5.41) is 5.91. The summed E-state index contributed by atoms with van der Waals surface area (Å²) in [4.78, 5) is 44.3. The highest BCUT2D eigenvalue weighted by atomic mass is 79.9. The lowest BCUT2D eigenvalue weighted by Gasteiger charge is -2.38. The van der Waals surface area contributed by atoms with Gasteiger partial charge in [-0.2, -0.15) is 0 Å². The number of para-hydroxylation sites is 1. The molecule has 210 valence electrons. The van der Waals surface area contributed by atoms with E-state index in [9.17, 15) is 14.4 Å². The van der Waals surface area contributed by atoms with Crippen molar-refractivity contribution in [3.8, 4) is 0 Å². The van der Waals surface area contributed by atoms with Gasteiger partial charge in [0.25, 0.3) is 11.8 Å². The number of amides is 3. The summed E-state index contributed by atoms with van der Waals surface area (Å²) in [6.45, 7) is 7.23. The van der Waals surface area contributed by atoms with Crippen LogP contribution in [0.3, 0.4) is 0 Å². The van der Waals surface area contributed by atoms with Gasteiger partial charge in [-0.05, 0) is 71.6 Å². The number of hydrogen-bond donors (Lipinski definition) is 2. The summed E-state index contributed by atoms with van der Waals surface area (Å²) in [6, 6.07) is 15.5. The van der Waals surface area contributed by atoms with Crippen LogP contribution in [0.5, 0.6) is 0 Å². The minimum absolute atomic E-state index is 0.168. The predicted octanol–water partition coefficient (Wildman–Crippen LogP) is 4.67. The monoisotopic (exact) mass is 607 g/mol. The number of carbonyl (C=O) groups is 3. The van der Waals surface area contributed by atoms with Gasteiger partial charge in [-0.1, -0.05) is 18.2 Å². The van der Waals surface area contributed by atoms with Gasteiger partial charge in [0.1, 0.15) is 0 Å². The van der Waals surface area contributed by atoms with E-state index >= 15 is 0 Å². The molecule has 0 aliphatic carbocycles. The van der Waals surface area contributed by atoms with Crippen molar-refractivity contribution in [2.45, 2.75) is 26.2 Å². The molecule has 9 nitrogen and oxygen atoms in total. The van der Waals surface area contributed by atoms with Gasteiger partial charge in [-0.25, -0.2) is 0 Å². The van der Waals surface area contributed by atoms with E-state index in [0.29, 0.717) is 41.7 Å². The second-order valence-corrected chi connectivity index (χ2v) is 11.0. The Labute approximate surface area is 242 Å². The van der Waals surface area contributed by atoms with Crippen LogP contribution >= 0.6 is 15.9 Å². The number of likely N-dealkylation sites (tertiary alicyclic amines) is 1. The zero-order valence-corrected chi connectivity index (χ0v) is 24.2. The zero-order chi connectivity index (χ0) is 28.1. The predicted molar refractivity (Wildman–Crippen MR) is 159 cm³/mol. The summed E-state index contributed by atoms with van der Waals surface area (Å²) in [5.41, 5.74) is 4.33. The summed E-state index contributed by atoms with van der Waals surface area (Å²) in [7, 11) is 0. The zero-order valence-electron chi connectivity index (χ0n) is 22.6. The molecule has 0 radical (unpaired) electrons. The fourth-order valence-corrected chi connectivity index (χ4v) is 5.69. The molecule has 0 atom stereocenters. The van der Waals surface area contributed by atoms with Crippen LogP contribution in [-0.2, 0) is 4.79 Å². The molecule has 0 unspecified atom stereocenters. The number of halogens is 1. The molecule has 3 heterocycles. The number of carbonyl (C=O) groups excluding carboxylic acids is 3. The standard InChI is InChI=1S/C30H34BrN5O4/c1-21-6-2-3-7-25(21)34-15-17-35(18-16-34)26-10-9-22(20-24(26)33-30(39)28-23(31)11-19-40-28)29(38)32-12-5-14-36-13-4-8-27(36)37/h2-3,6-7,9-11,19-20H,4-5,8,12-18H2,1H3,(H,32,38)(H,33,39). The number of piperazine rings is 1. The number of hydrogen-bond acceptors (Lipinski definition) is 6. The first-order chi connectivity index (χ1) is 19.4. The third-order valence-corrected chi connectivity index (χ3v) is 8.09. The molecule has 2 aliphatic heterocycles. The average Bonchev–Trinajstić information content (AvgIpc) is 3.58. The van der Waals surface area contributed by atoms with Gasteiger partial charge in [-0.3, -0.25) is 14.4 Å². The van der Waals surface area contributed by atoms with Crippen molar-refractivity contribution in [2.75, 3.05) is 60.9 Å². The maximum Gasteiger partial charge on any atom is 0.292 e. The lowest BCUT2D eigenvalue weighted by Crippen LogP contribution is -2.47. The molecule has 40 heavy (non-hydrogen) atoms. The van der Waals surface area contributed by atoms with E-state index in [4.69, 9.17) is 4.42 Å². The second kappa shape index (κ2) is 12.6. The molecule has 0 spiro atoms. The van der Waals surface area contributed by atoms with Crippen LogP contribution in [0.1, 0.15) is 45.7 Å². The summed E-state index contributed by atoms with van der Waals surface area (Å²) in [5.74, 6) is -0.269. The maximum absolute atomic E-state index is 13.1. The highest BCUT2D eigenvalue weighted by Gasteiger charge is 2.24. The quantitative estimate of drug-likeness (QED) is 0.343. The van der Waals surface area contributed by atoms with Crippen LogP contribution in [-0.4, -0.2) is 68.4 Å². The number of nitrogens with one attached hydrogen (secondary N) is 2. The number of rotatable bonds is 9. The Hall–Kier alpha value is -3.79. The van der Waals surface area contributed by atoms with E-state index in [2.05, 4.69) is 61.5 Å². The van der Waals surface area contributed by atoms with E-state index in [1.54, 1.807) is 18.2 Å². The molecular weight excluding hydrogens is 574 g/mol. The molecule has 0 bridgehead atoms. The number of benzene rings is 2. The van der Waals surface area contributed by atoms with E-state index < -0.39 is 5.91 Å². The Bertz CT molecular complexity index is 1380. The van der Waals surface area contributed by atoms with Gasteiger partial charge in [0.2, 0.25) is 11.7 Å². The summed E-state index contributed by atoms with van der Waals surface area (Å²) < 4.78 is 5.92. The summed E-state index contributed by atoms with van der Waals surface area (Å²) >= 11 is 3.35. The molecule has 10 heteroatoms. The molecule has 2 aromatic carbocycles. The van der Waals surface area contributed by atoms with Crippen LogP contribution in [0.2, 0.25) is 0 Å².